The Morgan fingerprint density at radius 3 is 2.25 bits per heavy atom. The molecule has 4 N–H and O–H groups in total. The van der Waals surface area contributed by atoms with E-state index in [0.717, 1.165) is 10.5 Å². The molecule has 0 saturated heterocycles. The fourth-order valence-electron chi connectivity index (χ4n) is 1.81. The highest BCUT2D eigenvalue weighted by Gasteiger charge is 2.28. The lowest BCUT2D eigenvalue weighted by Gasteiger charge is -2.20. The maximum absolute atomic E-state index is 11.1. The Kier molecular flexibility index (Phi) is 4.65. The second-order valence-corrected chi connectivity index (χ2v) is 5.45. The van der Waals surface area contributed by atoms with Gasteiger partial charge in [0.05, 0.1) is 5.25 Å². The van der Waals surface area contributed by atoms with Crippen LogP contribution in [0.1, 0.15) is 10.8 Å². The van der Waals surface area contributed by atoms with Crippen LogP contribution in [-0.4, -0.2) is 22.3 Å². The average molecular weight is 289 g/mol. The minimum Gasteiger partial charge on any atom is -0.479 e. The molecule has 5 heteroatoms. The maximum atomic E-state index is 11.1. The highest BCUT2D eigenvalue weighted by molar-refractivity contribution is 7.99. The van der Waals surface area contributed by atoms with Crippen LogP contribution in [0.5, 0.6) is 0 Å². The van der Waals surface area contributed by atoms with Gasteiger partial charge in [0.15, 0.2) is 6.10 Å². The van der Waals surface area contributed by atoms with E-state index >= 15 is 0 Å². The molecule has 0 spiro atoms. The van der Waals surface area contributed by atoms with Gasteiger partial charge in [-0.2, -0.15) is 0 Å². The van der Waals surface area contributed by atoms with Gasteiger partial charge >= 0.3 is 5.97 Å². The molecule has 0 bridgehead atoms. The zero-order valence-electron chi connectivity index (χ0n) is 10.6. The highest BCUT2D eigenvalue weighted by atomic mass is 32.2. The van der Waals surface area contributed by atoms with Gasteiger partial charge in [-0.1, -0.05) is 42.5 Å². The van der Waals surface area contributed by atoms with E-state index in [4.69, 9.17) is 10.8 Å². The second kappa shape index (κ2) is 6.45. The van der Waals surface area contributed by atoms with Gasteiger partial charge in [0.25, 0.3) is 0 Å². The lowest BCUT2D eigenvalue weighted by Crippen LogP contribution is -2.25. The molecular weight excluding hydrogens is 274 g/mol. The Morgan fingerprint density at radius 1 is 1.05 bits per heavy atom. The number of carbonyl (C=O) groups is 1. The molecule has 2 atom stereocenters. The summed E-state index contributed by atoms with van der Waals surface area (Å²) < 4.78 is 0. The number of anilines is 1. The Labute approximate surface area is 121 Å². The van der Waals surface area contributed by atoms with Gasteiger partial charge in [-0.05, 0) is 17.7 Å². The highest BCUT2D eigenvalue weighted by Crippen LogP contribution is 2.40. The number of hydrogen-bond acceptors (Lipinski definition) is 4. The predicted octanol–water partition coefficient (Wildman–Crippen LogP) is 2.55. The van der Waals surface area contributed by atoms with Crippen molar-refractivity contribution in [3.63, 3.8) is 0 Å². The van der Waals surface area contributed by atoms with E-state index in [1.54, 1.807) is 18.2 Å². The lowest BCUT2D eigenvalue weighted by molar-refractivity contribution is -0.146. The van der Waals surface area contributed by atoms with Crippen LogP contribution in [0.4, 0.5) is 5.69 Å². The minimum absolute atomic E-state index is 0.566. The molecule has 0 aromatic heterocycles. The minimum atomic E-state index is -1.50. The Bertz CT molecular complexity index is 589. The third-order valence-corrected chi connectivity index (χ3v) is 4.25. The number of thioether (sulfide) groups is 1. The Morgan fingerprint density at radius 2 is 1.65 bits per heavy atom. The average Bonchev–Trinajstić information content (AvgIpc) is 2.46. The van der Waals surface area contributed by atoms with Crippen molar-refractivity contribution in [2.24, 2.45) is 0 Å². The van der Waals surface area contributed by atoms with Crippen molar-refractivity contribution in [1.82, 2.24) is 0 Å². The third kappa shape index (κ3) is 3.31. The molecule has 0 amide bonds. The van der Waals surface area contributed by atoms with Crippen molar-refractivity contribution in [3.05, 3.63) is 60.2 Å². The Balaban J connectivity index is 2.33. The second-order valence-electron chi connectivity index (χ2n) is 4.27. The molecule has 2 aromatic rings. The summed E-state index contributed by atoms with van der Waals surface area (Å²) in [6, 6.07) is 16.2. The lowest BCUT2D eigenvalue weighted by atomic mass is 10.1. The molecular formula is C15H15NO3S. The first-order valence-corrected chi connectivity index (χ1v) is 6.94. The number of nitrogens with two attached hydrogens (primary N) is 1. The molecule has 0 radical (unpaired) electrons. The predicted molar refractivity (Wildman–Crippen MR) is 79.5 cm³/mol. The summed E-state index contributed by atoms with van der Waals surface area (Å²) in [6.07, 6.45) is -1.50. The molecule has 104 valence electrons. The summed E-state index contributed by atoms with van der Waals surface area (Å²) in [7, 11) is 0. The van der Waals surface area contributed by atoms with Gasteiger partial charge in [0, 0.05) is 10.6 Å². The van der Waals surface area contributed by atoms with Gasteiger partial charge in [0.2, 0.25) is 0 Å². The van der Waals surface area contributed by atoms with Crippen LogP contribution >= 0.6 is 11.8 Å². The first kappa shape index (κ1) is 14.4. The van der Waals surface area contributed by atoms with Gasteiger partial charge in [-0.15, -0.1) is 11.8 Å². The van der Waals surface area contributed by atoms with Gasteiger partial charge in [-0.25, -0.2) is 4.79 Å². The van der Waals surface area contributed by atoms with Crippen LogP contribution in [0.15, 0.2) is 59.5 Å². The number of para-hydroxylation sites is 1. The van der Waals surface area contributed by atoms with E-state index in [0.29, 0.717) is 5.69 Å². The molecule has 0 saturated carbocycles. The van der Waals surface area contributed by atoms with Crippen LogP contribution in [0.25, 0.3) is 0 Å². The maximum Gasteiger partial charge on any atom is 0.334 e. The smallest absolute Gasteiger partial charge is 0.334 e. The standard InChI is InChI=1S/C15H15NO3S/c16-11-8-4-5-9-12(11)20-14(13(17)15(18)19)10-6-2-1-3-7-10/h1-9,13-14,17H,16H2,(H,18,19). The topological polar surface area (TPSA) is 83.5 Å². The molecule has 4 nitrogen and oxygen atoms in total. The van der Waals surface area contributed by atoms with Crippen molar-refractivity contribution < 1.29 is 15.0 Å². The first-order valence-electron chi connectivity index (χ1n) is 6.06. The van der Waals surface area contributed by atoms with Crippen molar-refractivity contribution in [2.45, 2.75) is 16.2 Å². The fourth-order valence-corrected chi connectivity index (χ4v) is 2.99. The largest absolute Gasteiger partial charge is 0.479 e. The molecule has 0 fully saturated rings. The van der Waals surface area contributed by atoms with Gasteiger partial charge in [-0.3, -0.25) is 0 Å². The first-order chi connectivity index (χ1) is 9.59. The SMILES string of the molecule is Nc1ccccc1SC(c1ccccc1)C(O)C(=O)O. The van der Waals surface area contributed by atoms with E-state index in [-0.39, 0.29) is 0 Å². The summed E-state index contributed by atoms with van der Waals surface area (Å²) >= 11 is 1.25. The number of rotatable bonds is 5. The number of carboxylic acids is 1. The van der Waals surface area contributed by atoms with Crippen LogP contribution < -0.4 is 5.73 Å². The molecule has 0 aliphatic heterocycles. The van der Waals surface area contributed by atoms with Crippen molar-refractivity contribution in [1.29, 1.82) is 0 Å². The monoisotopic (exact) mass is 289 g/mol. The van der Waals surface area contributed by atoms with Crippen LogP contribution in [0.3, 0.4) is 0 Å². The summed E-state index contributed by atoms with van der Waals surface area (Å²) in [5, 5.41) is 18.4. The van der Waals surface area contributed by atoms with Crippen LogP contribution in [0, 0.1) is 0 Å². The van der Waals surface area contributed by atoms with E-state index in [2.05, 4.69) is 0 Å². The zero-order valence-corrected chi connectivity index (χ0v) is 11.5. The number of aliphatic carboxylic acids is 1. The third-order valence-electron chi connectivity index (χ3n) is 2.84. The number of aliphatic hydroxyl groups is 1. The number of nitrogen functional groups attached to an aromatic ring is 1. The quantitative estimate of drug-likeness (QED) is 0.582. The number of aliphatic hydroxyl groups excluding tert-OH is 1. The summed E-state index contributed by atoms with van der Waals surface area (Å²) in [6.45, 7) is 0. The number of benzene rings is 2. The van der Waals surface area contributed by atoms with Crippen molar-refractivity contribution in [3.8, 4) is 0 Å². The van der Waals surface area contributed by atoms with Crippen molar-refractivity contribution >= 4 is 23.4 Å². The number of carboxylic acid groups (broad SMARTS) is 1. The van der Waals surface area contributed by atoms with Crippen LogP contribution in [0.2, 0.25) is 0 Å². The molecule has 0 heterocycles. The molecule has 2 unspecified atom stereocenters. The van der Waals surface area contributed by atoms with Gasteiger partial charge in [0.1, 0.15) is 0 Å². The molecule has 0 aliphatic rings. The molecule has 2 rings (SSSR count). The molecule has 2 aromatic carbocycles. The van der Waals surface area contributed by atoms with E-state index in [1.807, 2.05) is 36.4 Å². The molecule has 0 aliphatic carbocycles. The normalized spacial score (nSPS) is 13.7. The summed E-state index contributed by atoms with van der Waals surface area (Å²) in [5.74, 6) is -1.25. The Hall–Kier alpha value is -1.98. The summed E-state index contributed by atoms with van der Waals surface area (Å²) in [4.78, 5) is 11.8. The van der Waals surface area contributed by atoms with Crippen molar-refractivity contribution in [2.75, 3.05) is 5.73 Å². The van der Waals surface area contributed by atoms with E-state index < -0.39 is 17.3 Å². The van der Waals surface area contributed by atoms with Crippen LogP contribution in [-0.2, 0) is 4.79 Å². The summed E-state index contributed by atoms with van der Waals surface area (Å²) in [5.41, 5.74) is 7.19. The number of hydrogen-bond donors (Lipinski definition) is 3. The zero-order chi connectivity index (χ0) is 14.5. The van der Waals surface area contributed by atoms with Gasteiger partial charge < -0.3 is 15.9 Å². The van der Waals surface area contributed by atoms with E-state index in [9.17, 15) is 9.90 Å². The van der Waals surface area contributed by atoms with E-state index in [1.165, 1.54) is 11.8 Å². The molecule has 20 heavy (non-hydrogen) atoms. The fraction of sp³-hybridized carbons (Fsp3) is 0.133.